The SMILES string of the molecule is O=C(NCc1cccc(F)c1)Nc1ccc(-c2nnc(-c3ccccc3)o2)cc1. The molecule has 3 aromatic carbocycles. The fourth-order valence-electron chi connectivity index (χ4n) is 2.74. The van der Waals surface area contributed by atoms with Crippen LogP contribution in [0.15, 0.2) is 83.3 Å². The number of anilines is 1. The van der Waals surface area contributed by atoms with E-state index in [0.29, 0.717) is 23.0 Å². The molecule has 2 N–H and O–H groups in total. The van der Waals surface area contributed by atoms with E-state index in [1.54, 1.807) is 36.4 Å². The lowest BCUT2D eigenvalue weighted by atomic mass is 10.2. The van der Waals surface area contributed by atoms with Gasteiger partial charge in [-0.3, -0.25) is 0 Å². The van der Waals surface area contributed by atoms with E-state index in [9.17, 15) is 9.18 Å². The number of aromatic nitrogens is 2. The summed E-state index contributed by atoms with van der Waals surface area (Å²) >= 11 is 0. The topological polar surface area (TPSA) is 80.0 Å². The monoisotopic (exact) mass is 388 g/mol. The standard InChI is InChI=1S/C22H17FN4O2/c23-18-8-4-5-15(13-18)14-24-22(28)25-19-11-9-17(10-12-19)21-27-26-20(29-21)16-6-2-1-3-7-16/h1-13H,14H2,(H2,24,25,28). The number of urea groups is 1. The maximum absolute atomic E-state index is 13.2. The van der Waals surface area contributed by atoms with Gasteiger partial charge in [0.25, 0.3) is 0 Å². The zero-order chi connectivity index (χ0) is 20.1. The number of amides is 2. The number of hydrogen-bond acceptors (Lipinski definition) is 4. The van der Waals surface area contributed by atoms with Gasteiger partial charge >= 0.3 is 6.03 Å². The fourth-order valence-corrected chi connectivity index (χ4v) is 2.74. The van der Waals surface area contributed by atoms with Crippen LogP contribution in [0.4, 0.5) is 14.9 Å². The van der Waals surface area contributed by atoms with Gasteiger partial charge < -0.3 is 15.1 Å². The third-order valence-corrected chi connectivity index (χ3v) is 4.18. The van der Waals surface area contributed by atoms with Gasteiger partial charge in [-0.25, -0.2) is 9.18 Å². The molecule has 0 spiro atoms. The van der Waals surface area contributed by atoms with E-state index in [-0.39, 0.29) is 18.4 Å². The number of hydrogen-bond donors (Lipinski definition) is 2. The van der Waals surface area contributed by atoms with E-state index in [0.717, 1.165) is 11.1 Å². The molecule has 0 unspecified atom stereocenters. The van der Waals surface area contributed by atoms with E-state index < -0.39 is 0 Å². The summed E-state index contributed by atoms with van der Waals surface area (Å²) in [6.07, 6.45) is 0. The molecule has 6 nitrogen and oxygen atoms in total. The minimum atomic E-state index is -0.383. The van der Waals surface area contributed by atoms with Gasteiger partial charge in [0.05, 0.1) is 0 Å². The maximum atomic E-state index is 13.2. The molecule has 4 aromatic rings. The van der Waals surface area contributed by atoms with E-state index in [1.165, 1.54) is 12.1 Å². The molecule has 144 valence electrons. The lowest BCUT2D eigenvalue weighted by Crippen LogP contribution is -2.28. The molecular formula is C22H17FN4O2. The smallest absolute Gasteiger partial charge is 0.319 e. The number of carbonyl (C=O) groups excluding carboxylic acids is 1. The lowest BCUT2D eigenvalue weighted by molar-refractivity contribution is 0.251. The van der Waals surface area contributed by atoms with Crippen molar-refractivity contribution in [2.24, 2.45) is 0 Å². The minimum Gasteiger partial charge on any atom is -0.416 e. The summed E-state index contributed by atoms with van der Waals surface area (Å²) < 4.78 is 18.9. The zero-order valence-corrected chi connectivity index (χ0v) is 15.3. The van der Waals surface area contributed by atoms with Crippen molar-refractivity contribution in [2.45, 2.75) is 6.54 Å². The highest BCUT2D eigenvalue weighted by atomic mass is 19.1. The Morgan fingerprint density at radius 3 is 2.24 bits per heavy atom. The summed E-state index contributed by atoms with van der Waals surface area (Å²) in [7, 11) is 0. The first-order chi connectivity index (χ1) is 14.2. The van der Waals surface area contributed by atoms with Gasteiger partial charge in [-0.15, -0.1) is 10.2 Å². The Balaban J connectivity index is 1.37. The number of carbonyl (C=O) groups is 1. The van der Waals surface area contributed by atoms with E-state index in [2.05, 4.69) is 20.8 Å². The second-order valence-corrected chi connectivity index (χ2v) is 6.29. The molecule has 2 amide bonds. The first kappa shape index (κ1) is 18.4. The molecule has 0 aliphatic carbocycles. The molecule has 0 aliphatic heterocycles. The molecule has 0 saturated heterocycles. The van der Waals surface area contributed by atoms with Crippen molar-refractivity contribution in [1.82, 2.24) is 15.5 Å². The van der Waals surface area contributed by atoms with Crippen LogP contribution in [0.1, 0.15) is 5.56 Å². The normalized spacial score (nSPS) is 10.5. The molecule has 0 radical (unpaired) electrons. The Morgan fingerprint density at radius 1 is 0.862 bits per heavy atom. The van der Waals surface area contributed by atoms with Gasteiger partial charge in [0.15, 0.2) is 0 Å². The van der Waals surface area contributed by atoms with Crippen LogP contribution in [-0.2, 0) is 6.54 Å². The van der Waals surface area contributed by atoms with Crippen LogP contribution in [0.2, 0.25) is 0 Å². The first-order valence-electron chi connectivity index (χ1n) is 8.96. The summed E-state index contributed by atoms with van der Waals surface area (Å²) in [5, 5.41) is 13.6. The second-order valence-electron chi connectivity index (χ2n) is 6.29. The summed E-state index contributed by atoms with van der Waals surface area (Å²) in [5.41, 5.74) is 2.87. The van der Waals surface area contributed by atoms with Crippen LogP contribution in [0.25, 0.3) is 22.9 Å². The number of nitrogens with one attached hydrogen (secondary N) is 2. The Hall–Kier alpha value is -4.00. The largest absolute Gasteiger partial charge is 0.416 e. The molecule has 29 heavy (non-hydrogen) atoms. The number of nitrogens with zero attached hydrogens (tertiary/aromatic N) is 2. The van der Waals surface area contributed by atoms with Crippen LogP contribution in [0, 0.1) is 5.82 Å². The van der Waals surface area contributed by atoms with Gasteiger partial charge in [-0.05, 0) is 54.1 Å². The fraction of sp³-hybridized carbons (Fsp3) is 0.0455. The molecule has 1 heterocycles. The van der Waals surface area contributed by atoms with Crippen LogP contribution in [0.5, 0.6) is 0 Å². The highest BCUT2D eigenvalue weighted by Crippen LogP contribution is 2.24. The van der Waals surface area contributed by atoms with Gasteiger partial charge in [0.2, 0.25) is 11.8 Å². The Kier molecular flexibility index (Phi) is 5.29. The molecule has 0 atom stereocenters. The van der Waals surface area contributed by atoms with Crippen LogP contribution in [-0.4, -0.2) is 16.2 Å². The van der Waals surface area contributed by atoms with Gasteiger partial charge in [-0.2, -0.15) is 0 Å². The zero-order valence-electron chi connectivity index (χ0n) is 15.3. The van der Waals surface area contributed by atoms with Gasteiger partial charge in [0, 0.05) is 23.4 Å². The molecule has 0 fully saturated rings. The molecular weight excluding hydrogens is 371 g/mol. The van der Waals surface area contributed by atoms with Gasteiger partial charge in [0.1, 0.15) is 5.82 Å². The average molecular weight is 388 g/mol. The summed E-state index contributed by atoms with van der Waals surface area (Å²) in [5.74, 6) is 0.502. The molecule has 4 rings (SSSR count). The molecule has 0 saturated carbocycles. The maximum Gasteiger partial charge on any atom is 0.319 e. The van der Waals surface area contributed by atoms with Crippen molar-refractivity contribution < 1.29 is 13.6 Å². The summed E-state index contributed by atoms with van der Waals surface area (Å²) in [4.78, 5) is 12.0. The molecule has 7 heteroatoms. The van der Waals surface area contributed by atoms with Crippen molar-refractivity contribution in [2.75, 3.05) is 5.32 Å². The van der Waals surface area contributed by atoms with E-state index >= 15 is 0 Å². The van der Waals surface area contributed by atoms with Crippen molar-refractivity contribution in [1.29, 1.82) is 0 Å². The van der Waals surface area contributed by atoms with Gasteiger partial charge in [-0.1, -0.05) is 30.3 Å². The predicted octanol–water partition coefficient (Wildman–Crippen LogP) is 4.86. The number of rotatable bonds is 5. The van der Waals surface area contributed by atoms with Crippen molar-refractivity contribution in [3.05, 3.63) is 90.2 Å². The van der Waals surface area contributed by atoms with Crippen molar-refractivity contribution in [3.8, 4) is 22.9 Å². The van der Waals surface area contributed by atoms with Crippen LogP contribution < -0.4 is 10.6 Å². The highest BCUT2D eigenvalue weighted by Gasteiger charge is 2.10. The minimum absolute atomic E-state index is 0.228. The quantitative estimate of drug-likeness (QED) is 0.511. The highest BCUT2D eigenvalue weighted by molar-refractivity contribution is 5.89. The second kappa shape index (κ2) is 8.35. The van der Waals surface area contributed by atoms with Crippen LogP contribution >= 0.6 is 0 Å². The first-order valence-corrected chi connectivity index (χ1v) is 8.96. The summed E-state index contributed by atoms with van der Waals surface area (Å²) in [6.45, 7) is 0.228. The third kappa shape index (κ3) is 4.65. The third-order valence-electron chi connectivity index (χ3n) is 4.18. The van der Waals surface area contributed by atoms with E-state index in [1.807, 2.05) is 30.3 Å². The summed E-state index contributed by atoms with van der Waals surface area (Å²) in [6, 6.07) is 22.3. The molecule has 0 aliphatic rings. The number of halogens is 1. The predicted molar refractivity (Wildman–Crippen MR) is 107 cm³/mol. The number of benzene rings is 3. The molecule has 0 bridgehead atoms. The Morgan fingerprint density at radius 2 is 1.55 bits per heavy atom. The molecule has 1 aromatic heterocycles. The average Bonchev–Trinajstić information content (AvgIpc) is 3.24. The van der Waals surface area contributed by atoms with Crippen LogP contribution in [0.3, 0.4) is 0 Å². The Bertz CT molecular complexity index is 1110. The van der Waals surface area contributed by atoms with E-state index in [4.69, 9.17) is 4.42 Å². The van der Waals surface area contributed by atoms with Crippen molar-refractivity contribution in [3.63, 3.8) is 0 Å². The van der Waals surface area contributed by atoms with Crippen molar-refractivity contribution >= 4 is 11.7 Å². The lowest BCUT2D eigenvalue weighted by Gasteiger charge is -2.08. The Labute approximate surface area is 166 Å².